The SMILES string of the molecule is CSc1nccc(NCC2(F)CCN(c3ncc(F)cn3)CC2)n1. The van der Waals surface area contributed by atoms with E-state index in [0.717, 1.165) is 12.4 Å². The average Bonchev–Trinajstić information content (AvgIpc) is 2.62. The predicted molar refractivity (Wildman–Crippen MR) is 89.6 cm³/mol. The Balaban J connectivity index is 1.55. The molecule has 0 saturated carbocycles. The fourth-order valence-electron chi connectivity index (χ4n) is 2.54. The molecule has 9 heteroatoms. The van der Waals surface area contributed by atoms with Crippen molar-refractivity contribution in [1.29, 1.82) is 0 Å². The first-order valence-corrected chi connectivity index (χ1v) is 8.83. The largest absolute Gasteiger partial charge is 0.367 e. The smallest absolute Gasteiger partial charge is 0.225 e. The lowest BCUT2D eigenvalue weighted by atomic mass is 9.93. The van der Waals surface area contributed by atoms with Crippen LogP contribution in [-0.2, 0) is 0 Å². The molecule has 2 aromatic rings. The number of piperidine rings is 1. The number of hydrogen-bond donors (Lipinski definition) is 1. The summed E-state index contributed by atoms with van der Waals surface area (Å²) in [5.41, 5.74) is -1.32. The van der Waals surface area contributed by atoms with Gasteiger partial charge in [0.05, 0.1) is 18.9 Å². The second kappa shape index (κ2) is 7.25. The van der Waals surface area contributed by atoms with Crippen LogP contribution in [0.2, 0.25) is 0 Å². The molecule has 1 fully saturated rings. The first-order valence-electron chi connectivity index (χ1n) is 7.60. The quantitative estimate of drug-likeness (QED) is 0.655. The third kappa shape index (κ3) is 4.08. The topological polar surface area (TPSA) is 66.8 Å². The number of nitrogens with zero attached hydrogens (tertiary/aromatic N) is 5. The molecule has 0 radical (unpaired) electrons. The lowest BCUT2D eigenvalue weighted by molar-refractivity contribution is 0.140. The molecule has 6 nitrogen and oxygen atoms in total. The van der Waals surface area contributed by atoms with Crippen LogP contribution in [0.25, 0.3) is 0 Å². The van der Waals surface area contributed by atoms with Crippen molar-refractivity contribution in [3.63, 3.8) is 0 Å². The molecule has 0 atom stereocenters. The molecule has 1 N–H and O–H groups in total. The van der Waals surface area contributed by atoms with Crippen LogP contribution < -0.4 is 10.2 Å². The van der Waals surface area contributed by atoms with E-state index in [-0.39, 0.29) is 6.54 Å². The normalized spacial score (nSPS) is 16.9. The Morgan fingerprint density at radius 3 is 2.62 bits per heavy atom. The van der Waals surface area contributed by atoms with Gasteiger partial charge in [-0.3, -0.25) is 0 Å². The van der Waals surface area contributed by atoms with Crippen LogP contribution in [0.5, 0.6) is 0 Å². The van der Waals surface area contributed by atoms with Crippen LogP contribution in [0.3, 0.4) is 0 Å². The van der Waals surface area contributed by atoms with Gasteiger partial charge >= 0.3 is 0 Å². The summed E-state index contributed by atoms with van der Waals surface area (Å²) in [4.78, 5) is 18.1. The van der Waals surface area contributed by atoms with Gasteiger partial charge in [0.25, 0.3) is 0 Å². The summed E-state index contributed by atoms with van der Waals surface area (Å²) in [6.07, 6.45) is 6.49. The maximum absolute atomic E-state index is 15.0. The number of thioether (sulfide) groups is 1. The Morgan fingerprint density at radius 1 is 1.25 bits per heavy atom. The van der Waals surface area contributed by atoms with Gasteiger partial charge in [-0.1, -0.05) is 11.8 Å². The summed E-state index contributed by atoms with van der Waals surface area (Å²) in [7, 11) is 0. The Bertz CT molecular complexity index is 676. The molecule has 1 saturated heterocycles. The van der Waals surface area contributed by atoms with Crippen molar-refractivity contribution < 1.29 is 8.78 Å². The molecular formula is C15H18F2N6S. The van der Waals surface area contributed by atoms with Gasteiger partial charge in [0.2, 0.25) is 5.95 Å². The molecular weight excluding hydrogens is 334 g/mol. The molecule has 3 heterocycles. The zero-order valence-electron chi connectivity index (χ0n) is 13.2. The highest BCUT2D eigenvalue weighted by atomic mass is 32.2. The lowest BCUT2D eigenvalue weighted by Gasteiger charge is -2.36. The summed E-state index contributed by atoms with van der Waals surface area (Å²) in [5, 5.41) is 3.70. The molecule has 128 valence electrons. The number of anilines is 2. The van der Waals surface area contributed by atoms with Gasteiger partial charge in [0.15, 0.2) is 11.0 Å². The van der Waals surface area contributed by atoms with Crippen molar-refractivity contribution in [3.05, 3.63) is 30.5 Å². The van der Waals surface area contributed by atoms with E-state index in [1.165, 1.54) is 11.8 Å². The minimum atomic E-state index is -1.32. The fourth-order valence-corrected chi connectivity index (χ4v) is 2.90. The van der Waals surface area contributed by atoms with Gasteiger partial charge in [-0.25, -0.2) is 28.7 Å². The minimum absolute atomic E-state index is 0.190. The predicted octanol–water partition coefficient (Wildman–Crippen LogP) is 2.55. The standard InChI is InChI=1S/C15H18F2N6S/c1-24-14-18-5-2-12(22-14)21-10-15(17)3-6-23(7-4-15)13-19-8-11(16)9-20-13/h2,5,8-9H,3-4,6-7,10H2,1H3,(H,18,21,22). The molecule has 0 unspecified atom stereocenters. The number of alkyl halides is 1. The lowest BCUT2D eigenvalue weighted by Crippen LogP contribution is -2.46. The average molecular weight is 352 g/mol. The van der Waals surface area contributed by atoms with Crippen LogP contribution in [0.15, 0.2) is 29.8 Å². The molecule has 24 heavy (non-hydrogen) atoms. The van der Waals surface area contributed by atoms with Crippen molar-refractivity contribution in [2.75, 3.05) is 36.1 Å². The Kier molecular flexibility index (Phi) is 5.08. The fraction of sp³-hybridized carbons (Fsp3) is 0.467. The van der Waals surface area contributed by atoms with Gasteiger partial charge < -0.3 is 10.2 Å². The molecule has 0 amide bonds. The highest BCUT2D eigenvalue weighted by Gasteiger charge is 2.35. The summed E-state index contributed by atoms with van der Waals surface area (Å²) in [5.74, 6) is 0.580. The molecule has 1 aliphatic rings. The van der Waals surface area contributed by atoms with E-state index in [9.17, 15) is 8.78 Å². The molecule has 0 bridgehead atoms. The van der Waals surface area contributed by atoms with Crippen molar-refractivity contribution in [2.24, 2.45) is 0 Å². The number of aromatic nitrogens is 4. The highest BCUT2D eigenvalue weighted by Crippen LogP contribution is 2.28. The molecule has 0 aromatic carbocycles. The maximum Gasteiger partial charge on any atom is 0.225 e. The van der Waals surface area contributed by atoms with Crippen LogP contribution in [0.1, 0.15) is 12.8 Å². The van der Waals surface area contributed by atoms with Gasteiger partial charge in [-0.2, -0.15) is 0 Å². The second-order valence-corrected chi connectivity index (χ2v) is 6.39. The highest BCUT2D eigenvalue weighted by molar-refractivity contribution is 7.98. The third-order valence-electron chi connectivity index (χ3n) is 3.95. The van der Waals surface area contributed by atoms with E-state index in [1.54, 1.807) is 12.3 Å². The molecule has 0 spiro atoms. The molecule has 1 aliphatic heterocycles. The van der Waals surface area contributed by atoms with E-state index in [0.29, 0.717) is 42.9 Å². The summed E-state index contributed by atoms with van der Waals surface area (Å²) in [6, 6.07) is 1.73. The van der Waals surface area contributed by atoms with E-state index < -0.39 is 11.5 Å². The van der Waals surface area contributed by atoms with Gasteiger partial charge in [-0.15, -0.1) is 0 Å². The Hall–Kier alpha value is -2.03. The monoisotopic (exact) mass is 352 g/mol. The second-order valence-electron chi connectivity index (χ2n) is 5.62. The van der Waals surface area contributed by atoms with Crippen molar-refractivity contribution >= 4 is 23.5 Å². The van der Waals surface area contributed by atoms with Crippen molar-refractivity contribution in [1.82, 2.24) is 19.9 Å². The van der Waals surface area contributed by atoms with Crippen LogP contribution >= 0.6 is 11.8 Å². The number of nitrogens with one attached hydrogen (secondary N) is 1. The summed E-state index contributed by atoms with van der Waals surface area (Å²) in [6.45, 7) is 1.17. The maximum atomic E-state index is 15.0. The third-order valence-corrected chi connectivity index (χ3v) is 4.51. The van der Waals surface area contributed by atoms with Crippen LogP contribution in [-0.4, -0.2) is 51.5 Å². The van der Waals surface area contributed by atoms with E-state index in [2.05, 4.69) is 25.3 Å². The van der Waals surface area contributed by atoms with E-state index in [1.807, 2.05) is 11.2 Å². The Labute approximate surface area is 143 Å². The number of hydrogen-bond acceptors (Lipinski definition) is 7. The number of rotatable bonds is 5. The van der Waals surface area contributed by atoms with E-state index >= 15 is 0 Å². The number of halogens is 2. The first-order chi connectivity index (χ1) is 11.6. The molecule has 3 rings (SSSR count). The molecule has 0 aliphatic carbocycles. The van der Waals surface area contributed by atoms with E-state index in [4.69, 9.17) is 0 Å². The zero-order valence-corrected chi connectivity index (χ0v) is 14.1. The summed E-state index contributed by atoms with van der Waals surface area (Å²) >= 11 is 1.44. The van der Waals surface area contributed by atoms with Crippen molar-refractivity contribution in [3.8, 4) is 0 Å². The molecule has 2 aromatic heterocycles. The zero-order chi connectivity index (χ0) is 17.0. The van der Waals surface area contributed by atoms with Crippen molar-refractivity contribution in [2.45, 2.75) is 23.7 Å². The summed E-state index contributed by atoms with van der Waals surface area (Å²) < 4.78 is 27.8. The Morgan fingerprint density at radius 2 is 1.96 bits per heavy atom. The van der Waals surface area contributed by atoms with Gasteiger partial charge in [0, 0.05) is 32.1 Å². The van der Waals surface area contributed by atoms with Gasteiger partial charge in [0.1, 0.15) is 11.5 Å². The first kappa shape index (κ1) is 16.8. The van der Waals surface area contributed by atoms with Crippen LogP contribution in [0.4, 0.5) is 20.5 Å². The van der Waals surface area contributed by atoms with Gasteiger partial charge in [-0.05, 0) is 12.3 Å². The van der Waals surface area contributed by atoms with Crippen LogP contribution in [0, 0.1) is 5.82 Å². The minimum Gasteiger partial charge on any atom is -0.367 e.